The van der Waals surface area contributed by atoms with Crippen molar-refractivity contribution in [3.8, 4) is 0 Å². The van der Waals surface area contributed by atoms with Gasteiger partial charge in [0.15, 0.2) is 0 Å². The van der Waals surface area contributed by atoms with E-state index in [1.165, 1.54) is 4.90 Å². The average Bonchev–Trinajstić information content (AvgIpc) is 3.00. The Morgan fingerprint density at radius 3 is 2.86 bits per heavy atom. The molecule has 0 spiro atoms. The molecule has 0 saturated carbocycles. The number of hydrogen-bond donors (Lipinski definition) is 3. The van der Waals surface area contributed by atoms with Crippen LogP contribution in [-0.4, -0.2) is 53.3 Å². The number of benzene rings is 1. The number of likely N-dealkylation sites (N-methyl/N-ethyl adjacent to an activating group) is 1. The van der Waals surface area contributed by atoms with E-state index in [0.717, 1.165) is 5.56 Å². The van der Waals surface area contributed by atoms with Crippen molar-refractivity contribution < 1.29 is 23.9 Å². The molecule has 1 fully saturated rings. The first-order valence-electron chi connectivity index (χ1n) is 8.76. The highest BCUT2D eigenvalue weighted by Crippen LogP contribution is 2.28. The van der Waals surface area contributed by atoms with Crippen LogP contribution in [-0.2, 0) is 27.5 Å². The van der Waals surface area contributed by atoms with Crippen LogP contribution in [0.1, 0.15) is 34.3 Å². The lowest BCUT2D eigenvalue weighted by atomic mass is 10.0. The number of imide groups is 1. The van der Waals surface area contributed by atoms with Gasteiger partial charge < -0.3 is 20.3 Å². The minimum Gasteiger partial charge on any atom is -0.445 e. The van der Waals surface area contributed by atoms with E-state index >= 15 is 0 Å². The summed E-state index contributed by atoms with van der Waals surface area (Å²) in [6.45, 7) is 0.481. The van der Waals surface area contributed by atoms with Crippen molar-refractivity contribution in [2.24, 2.45) is 0 Å². The van der Waals surface area contributed by atoms with E-state index in [9.17, 15) is 19.2 Å². The Kier molecular flexibility index (Phi) is 5.88. The molecule has 148 valence electrons. The Bertz CT molecular complexity index is 856. The zero-order valence-electron chi connectivity index (χ0n) is 15.2. The van der Waals surface area contributed by atoms with Crippen molar-refractivity contribution in [2.75, 3.05) is 13.6 Å². The zero-order chi connectivity index (χ0) is 20.3. The number of thiocarbonyl (C=S) groups is 1. The molecule has 28 heavy (non-hydrogen) atoms. The van der Waals surface area contributed by atoms with Gasteiger partial charge in [-0.15, -0.1) is 0 Å². The Morgan fingerprint density at radius 1 is 1.36 bits per heavy atom. The summed E-state index contributed by atoms with van der Waals surface area (Å²) in [5.74, 6) is -1.04. The van der Waals surface area contributed by atoms with E-state index in [1.54, 1.807) is 25.2 Å². The molecular weight excluding hydrogens is 384 g/mol. The maximum Gasteiger partial charge on any atom is 0.407 e. The zero-order valence-corrected chi connectivity index (χ0v) is 16.1. The summed E-state index contributed by atoms with van der Waals surface area (Å²) in [5.41, 5.74) is 1.92. The van der Waals surface area contributed by atoms with Crippen LogP contribution >= 0.6 is 12.2 Å². The number of fused-ring (bicyclic) bond motifs is 1. The number of nitrogens with zero attached hydrogens (tertiary/aromatic N) is 1. The lowest BCUT2D eigenvalue weighted by molar-refractivity contribution is -0.136. The van der Waals surface area contributed by atoms with Crippen molar-refractivity contribution in [3.63, 3.8) is 0 Å². The predicted octanol–water partition coefficient (Wildman–Crippen LogP) is 0.221. The summed E-state index contributed by atoms with van der Waals surface area (Å²) in [5, 5.41) is 7.52. The van der Waals surface area contributed by atoms with E-state index in [2.05, 4.69) is 16.0 Å². The van der Waals surface area contributed by atoms with Crippen molar-refractivity contribution in [2.45, 2.75) is 32.0 Å². The maximum atomic E-state index is 12.7. The molecule has 1 saturated heterocycles. The Hall–Kier alpha value is -3.01. The van der Waals surface area contributed by atoms with Crippen LogP contribution in [0, 0.1) is 0 Å². The highest BCUT2D eigenvalue weighted by Gasteiger charge is 2.39. The fraction of sp³-hybridized carbons (Fsp3) is 0.389. The van der Waals surface area contributed by atoms with E-state index in [0.29, 0.717) is 29.1 Å². The molecule has 0 aromatic heterocycles. The van der Waals surface area contributed by atoms with Crippen molar-refractivity contribution in [1.29, 1.82) is 0 Å². The number of piperidine rings is 1. The van der Waals surface area contributed by atoms with Crippen LogP contribution in [0.4, 0.5) is 4.79 Å². The topological polar surface area (TPSA) is 117 Å². The third-order valence-electron chi connectivity index (χ3n) is 4.63. The van der Waals surface area contributed by atoms with Crippen LogP contribution in [0.15, 0.2) is 18.2 Å². The number of hydrogen-bond acceptors (Lipinski definition) is 6. The lowest BCUT2D eigenvalue weighted by Crippen LogP contribution is -2.52. The van der Waals surface area contributed by atoms with Gasteiger partial charge in [-0.1, -0.05) is 24.4 Å². The average molecular weight is 404 g/mol. The fourth-order valence-corrected chi connectivity index (χ4v) is 3.20. The number of ether oxygens (including phenoxy) is 1. The minimum atomic E-state index is -0.654. The van der Waals surface area contributed by atoms with Gasteiger partial charge in [-0.3, -0.25) is 19.7 Å². The molecule has 0 bridgehead atoms. The van der Waals surface area contributed by atoms with Gasteiger partial charge in [-0.25, -0.2) is 4.79 Å². The highest BCUT2D eigenvalue weighted by atomic mass is 32.1. The van der Waals surface area contributed by atoms with Gasteiger partial charge in [0.2, 0.25) is 11.8 Å². The summed E-state index contributed by atoms with van der Waals surface area (Å²) in [6.07, 6.45) is -0.0916. The van der Waals surface area contributed by atoms with E-state index in [4.69, 9.17) is 17.0 Å². The first-order chi connectivity index (χ1) is 13.4. The van der Waals surface area contributed by atoms with Gasteiger partial charge in [0.05, 0.1) is 11.5 Å². The molecule has 0 aliphatic carbocycles. The molecule has 10 heteroatoms. The summed E-state index contributed by atoms with van der Waals surface area (Å²) >= 11 is 4.93. The van der Waals surface area contributed by atoms with Gasteiger partial charge in [-0.05, 0) is 23.6 Å². The van der Waals surface area contributed by atoms with E-state index < -0.39 is 18.0 Å². The minimum absolute atomic E-state index is 0.00285. The van der Waals surface area contributed by atoms with E-state index in [-0.39, 0.29) is 31.4 Å². The molecule has 1 atom stereocenters. The van der Waals surface area contributed by atoms with Gasteiger partial charge in [0.1, 0.15) is 12.6 Å². The number of carbonyl (C=O) groups is 4. The molecule has 2 aliphatic heterocycles. The fourth-order valence-electron chi connectivity index (χ4n) is 3.13. The third-order valence-corrected chi connectivity index (χ3v) is 4.98. The second kappa shape index (κ2) is 8.34. The number of nitrogens with one attached hydrogen (secondary N) is 3. The Morgan fingerprint density at radius 2 is 2.14 bits per heavy atom. The molecular formula is C18H20N4O5S. The first-order valence-corrected chi connectivity index (χ1v) is 9.17. The smallest absolute Gasteiger partial charge is 0.407 e. The monoisotopic (exact) mass is 404 g/mol. The summed E-state index contributed by atoms with van der Waals surface area (Å²) < 4.78 is 5.13. The SMILES string of the molecule is CNC(=S)CNC(=O)OCc1ccc2c(c1)C(=O)N(C1CCC(=O)NC1=O)C2. The number of rotatable bonds is 5. The standard InChI is InChI=1S/C18H20N4O5S/c1-19-15(28)7-20-18(26)27-9-10-2-3-11-8-22(17(25)12(11)6-10)13-4-5-14(23)21-16(13)24/h2-3,6,13H,4-5,7-9H2,1H3,(H,19,28)(H,20,26)(H,21,23,24). The van der Waals surface area contributed by atoms with Crippen LogP contribution in [0.25, 0.3) is 0 Å². The number of alkyl carbamates (subject to hydrolysis) is 1. The maximum absolute atomic E-state index is 12.7. The molecule has 2 heterocycles. The summed E-state index contributed by atoms with van der Waals surface area (Å²) in [6, 6.07) is 4.56. The Balaban J connectivity index is 1.61. The summed E-state index contributed by atoms with van der Waals surface area (Å²) in [7, 11) is 1.66. The van der Waals surface area contributed by atoms with Crippen molar-refractivity contribution in [1.82, 2.24) is 20.9 Å². The van der Waals surface area contributed by atoms with Gasteiger partial charge in [-0.2, -0.15) is 0 Å². The molecule has 3 rings (SSSR count). The normalized spacial score (nSPS) is 18.4. The van der Waals surface area contributed by atoms with Crippen molar-refractivity contribution in [3.05, 3.63) is 34.9 Å². The van der Waals surface area contributed by atoms with E-state index in [1.807, 2.05) is 0 Å². The molecule has 2 aliphatic rings. The molecule has 0 radical (unpaired) electrons. The second-order valence-electron chi connectivity index (χ2n) is 6.49. The van der Waals surface area contributed by atoms with Crippen LogP contribution in [0.2, 0.25) is 0 Å². The molecule has 3 N–H and O–H groups in total. The van der Waals surface area contributed by atoms with Gasteiger partial charge >= 0.3 is 6.09 Å². The summed E-state index contributed by atoms with van der Waals surface area (Å²) in [4.78, 5) is 49.8. The largest absolute Gasteiger partial charge is 0.445 e. The molecule has 4 amide bonds. The van der Waals surface area contributed by atoms with Crippen LogP contribution in [0.3, 0.4) is 0 Å². The quantitative estimate of drug-likeness (QED) is 0.475. The lowest BCUT2D eigenvalue weighted by Gasteiger charge is -2.29. The highest BCUT2D eigenvalue weighted by molar-refractivity contribution is 7.80. The first kappa shape index (κ1) is 19.7. The Labute approximate surface area is 166 Å². The molecule has 9 nitrogen and oxygen atoms in total. The van der Waals surface area contributed by atoms with Gasteiger partial charge in [0.25, 0.3) is 5.91 Å². The molecule has 1 aromatic carbocycles. The second-order valence-corrected chi connectivity index (χ2v) is 6.99. The van der Waals surface area contributed by atoms with Crippen LogP contribution in [0.5, 0.6) is 0 Å². The third kappa shape index (κ3) is 4.28. The van der Waals surface area contributed by atoms with Crippen molar-refractivity contribution >= 4 is 41.0 Å². The molecule has 1 unspecified atom stereocenters. The number of carbonyl (C=O) groups excluding carboxylic acids is 4. The van der Waals surface area contributed by atoms with Gasteiger partial charge in [0, 0.05) is 25.6 Å². The molecule has 1 aromatic rings. The number of amides is 4. The van der Waals surface area contributed by atoms with Crippen LogP contribution < -0.4 is 16.0 Å². The predicted molar refractivity (Wildman–Crippen MR) is 102 cm³/mol.